The van der Waals surface area contributed by atoms with Gasteiger partial charge in [-0.05, 0) is 37.8 Å². The van der Waals surface area contributed by atoms with Crippen LogP contribution in [-0.2, 0) is 15.4 Å². The van der Waals surface area contributed by atoms with Crippen molar-refractivity contribution in [3.05, 3.63) is 34.3 Å². The second-order valence-electron chi connectivity index (χ2n) is 6.69. The first-order chi connectivity index (χ1) is 12.3. The number of sulfonamides is 1. The van der Waals surface area contributed by atoms with Gasteiger partial charge in [-0.2, -0.15) is 0 Å². The molecule has 1 aliphatic carbocycles. The molecule has 1 aliphatic rings. The maximum Gasteiger partial charge on any atom is 0.213 e. The van der Waals surface area contributed by atoms with E-state index in [4.69, 9.17) is 0 Å². The average Bonchev–Trinajstić information content (AvgIpc) is 3.42. The first kappa shape index (κ1) is 21.2. The summed E-state index contributed by atoms with van der Waals surface area (Å²) in [5.74, 6) is 0.890. The van der Waals surface area contributed by atoms with Gasteiger partial charge in [0.1, 0.15) is 0 Å². The third-order valence-corrected chi connectivity index (χ3v) is 7.45. The monoisotopic (exact) mass is 444 g/mol. The number of aliphatic imine (C=N–C) groups is 1. The van der Waals surface area contributed by atoms with Gasteiger partial charge in [-0.3, -0.25) is 4.99 Å². The highest BCUT2D eigenvalue weighted by atomic mass is 79.9. The maximum atomic E-state index is 11.7. The van der Waals surface area contributed by atoms with Crippen molar-refractivity contribution in [1.29, 1.82) is 0 Å². The van der Waals surface area contributed by atoms with Crippen LogP contribution in [0.3, 0.4) is 0 Å². The van der Waals surface area contributed by atoms with Gasteiger partial charge in [0, 0.05) is 43.6 Å². The molecule has 6 nitrogen and oxygen atoms in total. The molecule has 0 radical (unpaired) electrons. The number of halogens is 1. The van der Waals surface area contributed by atoms with Crippen molar-refractivity contribution in [3.8, 4) is 0 Å². The molecule has 0 spiro atoms. The zero-order valence-electron chi connectivity index (χ0n) is 15.8. The van der Waals surface area contributed by atoms with Gasteiger partial charge in [0.2, 0.25) is 10.0 Å². The largest absolute Gasteiger partial charge is 0.356 e. The van der Waals surface area contributed by atoms with E-state index in [-0.39, 0.29) is 11.2 Å². The molecule has 1 aromatic rings. The van der Waals surface area contributed by atoms with E-state index < -0.39 is 10.0 Å². The van der Waals surface area contributed by atoms with E-state index in [1.165, 1.54) is 22.7 Å². The summed E-state index contributed by atoms with van der Waals surface area (Å²) >= 11 is 3.66. The van der Waals surface area contributed by atoms with Crippen LogP contribution in [0.4, 0.5) is 0 Å². The van der Waals surface area contributed by atoms with E-state index in [1.54, 1.807) is 21.0 Å². The molecule has 2 rings (SSSR count). The van der Waals surface area contributed by atoms with Gasteiger partial charge in [0.15, 0.2) is 5.96 Å². The molecule has 1 aromatic carbocycles. The molecule has 0 atom stereocenters. The van der Waals surface area contributed by atoms with Gasteiger partial charge in [-0.25, -0.2) is 12.7 Å². The Balaban J connectivity index is 1.78. The van der Waals surface area contributed by atoms with Gasteiger partial charge in [0.05, 0.1) is 5.75 Å². The van der Waals surface area contributed by atoms with E-state index in [1.807, 2.05) is 6.07 Å². The van der Waals surface area contributed by atoms with Crippen LogP contribution in [0.1, 0.15) is 31.7 Å². The summed E-state index contributed by atoms with van der Waals surface area (Å²) in [4.78, 5) is 4.27. The lowest BCUT2D eigenvalue weighted by Crippen LogP contribution is -2.42. The molecule has 0 saturated heterocycles. The Hall–Kier alpha value is -1.12. The molecule has 1 saturated carbocycles. The van der Waals surface area contributed by atoms with Gasteiger partial charge >= 0.3 is 0 Å². The summed E-state index contributed by atoms with van der Waals surface area (Å²) in [7, 11) is 0.271. The van der Waals surface area contributed by atoms with Gasteiger partial charge < -0.3 is 10.6 Å². The zero-order chi connectivity index (χ0) is 19.2. The van der Waals surface area contributed by atoms with Crippen LogP contribution in [0.15, 0.2) is 33.7 Å². The lowest BCUT2D eigenvalue weighted by Gasteiger charge is -2.20. The van der Waals surface area contributed by atoms with Crippen molar-refractivity contribution in [2.24, 2.45) is 4.99 Å². The molecule has 146 valence electrons. The standard InChI is InChI=1S/C18H29BrN4O2S/c1-4-26(24,25)23(3)13-7-12-21-17(20-2)22-14-18(10-11-18)15-8-5-6-9-16(15)19/h5-6,8-9H,4,7,10-14H2,1-3H3,(H2,20,21,22). The Morgan fingerprint density at radius 2 is 2.00 bits per heavy atom. The lowest BCUT2D eigenvalue weighted by molar-refractivity contribution is 0.461. The number of nitrogens with one attached hydrogen (secondary N) is 2. The van der Waals surface area contributed by atoms with E-state index in [2.05, 4.69) is 49.8 Å². The Morgan fingerprint density at radius 3 is 2.58 bits per heavy atom. The summed E-state index contributed by atoms with van der Waals surface area (Å²) in [6, 6.07) is 8.38. The first-order valence-electron chi connectivity index (χ1n) is 8.98. The van der Waals surface area contributed by atoms with Crippen molar-refractivity contribution < 1.29 is 8.42 Å². The fourth-order valence-corrected chi connectivity index (χ4v) is 4.48. The maximum absolute atomic E-state index is 11.7. The molecule has 0 bridgehead atoms. The minimum absolute atomic E-state index is 0.136. The van der Waals surface area contributed by atoms with E-state index in [0.29, 0.717) is 13.1 Å². The Labute approximate surface area is 165 Å². The summed E-state index contributed by atoms with van der Waals surface area (Å²) in [6.45, 7) is 3.67. The van der Waals surface area contributed by atoms with Crippen LogP contribution in [-0.4, -0.2) is 58.2 Å². The number of nitrogens with zero attached hydrogens (tertiary/aromatic N) is 2. The fraction of sp³-hybridized carbons (Fsp3) is 0.611. The highest BCUT2D eigenvalue weighted by Gasteiger charge is 2.45. The number of hydrogen-bond acceptors (Lipinski definition) is 3. The molecule has 0 aromatic heterocycles. The molecule has 26 heavy (non-hydrogen) atoms. The first-order valence-corrected chi connectivity index (χ1v) is 11.4. The van der Waals surface area contributed by atoms with Crippen LogP contribution in [0, 0.1) is 0 Å². The van der Waals surface area contributed by atoms with Crippen LogP contribution >= 0.6 is 15.9 Å². The minimum atomic E-state index is -3.11. The average molecular weight is 445 g/mol. The number of hydrogen-bond donors (Lipinski definition) is 2. The molecular formula is C18H29BrN4O2S. The lowest BCUT2D eigenvalue weighted by atomic mass is 9.96. The predicted molar refractivity (Wildman–Crippen MR) is 111 cm³/mol. The van der Waals surface area contributed by atoms with Gasteiger partial charge in [-0.15, -0.1) is 0 Å². The van der Waals surface area contributed by atoms with E-state index in [0.717, 1.165) is 23.4 Å². The molecule has 1 fully saturated rings. The number of guanidine groups is 1. The van der Waals surface area contributed by atoms with Gasteiger partial charge in [0.25, 0.3) is 0 Å². The molecule has 2 N–H and O–H groups in total. The molecule has 8 heteroatoms. The topological polar surface area (TPSA) is 73.8 Å². The Bertz CT molecular complexity index is 732. The molecule has 0 amide bonds. The number of benzene rings is 1. The number of rotatable bonds is 9. The fourth-order valence-electron chi connectivity index (χ4n) is 2.93. The summed E-state index contributed by atoms with van der Waals surface area (Å²) in [5, 5.41) is 6.68. The molecule has 0 aliphatic heterocycles. The molecule has 0 unspecified atom stereocenters. The second-order valence-corrected chi connectivity index (χ2v) is 9.91. The van der Waals surface area contributed by atoms with Crippen LogP contribution < -0.4 is 10.6 Å². The summed E-state index contributed by atoms with van der Waals surface area (Å²) < 4.78 is 26.0. The normalized spacial score (nSPS) is 16.6. The van der Waals surface area contributed by atoms with Crippen LogP contribution in [0.5, 0.6) is 0 Å². The summed E-state index contributed by atoms with van der Waals surface area (Å²) in [5.41, 5.74) is 1.52. The van der Waals surface area contributed by atoms with Crippen molar-refractivity contribution in [2.75, 3.05) is 39.5 Å². The predicted octanol–water partition coefficient (Wildman–Crippen LogP) is 2.32. The van der Waals surface area contributed by atoms with Crippen LogP contribution in [0.25, 0.3) is 0 Å². The van der Waals surface area contributed by atoms with Crippen molar-refractivity contribution in [3.63, 3.8) is 0 Å². The van der Waals surface area contributed by atoms with Gasteiger partial charge in [-0.1, -0.05) is 34.1 Å². The second kappa shape index (κ2) is 9.19. The Kier molecular flexibility index (Phi) is 7.49. The molecule has 0 heterocycles. The minimum Gasteiger partial charge on any atom is -0.356 e. The van der Waals surface area contributed by atoms with E-state index in [9.17, 15) is 8.42 Å². The van der Waals surface area contributed by atoms with Crippen molar-refractivity contribution in [1.82, 2.24) is 14.9 Å². The quantitative estimate of drug-likeness (QED) is 0.348. The third-order valence-electron chi connectivity index (χ3n) is 4.90. The zero-order valence-corrected chi connectivity index (χ0v) is 18.2. The third kappa shape index (κ3) is 5.44. The van der Waals surface area contributed by atoms with E-state index >= 15 is 0 Å². The van der Waals surface area contributed by atoms with Crippen LogP contribution in [0.2, 0.25) is 0 Å². The Morgan fingerprint density at radius 1 is 1.31 bits per heavy atom. The SMILES string of the molecule is CCS(=O)(=O)N(C)CCCNC(=NC)NCC1(c2ccccc2Br)CC1. The smallest absolute Gasteiger partial charge is 0.213 e. The van der Waals surface area contributed by atoms with Crippen molar-refractivity contribution >= 4 is 31.9 Å². The highest BCUT2D eigenvalue weighted by Crippen LogP contribution is 2.49. The highest BCUT2D eigenvalue weighted by molar-refractivity contribution is 9.10. The summed E-state index contributed by atoms with van der Waals surface area (Å²) in [6.07, 6.45) is 3.06. The molecular weight excluding hydrogens is 416 g/mol. The van der Waals surface area contributed by atoms with Crippen molar-refractivity contribution in [2.45, 2.75) is 31.6 Å².